The molecule has 2 aromatic heterocycles. The molecule has 2 N–H and O–H groups in total. The van der Waals surface area contributed by atoms with Crippen molar-refractivity contribution in [3.05, 3.63) is 59.0 Å². The first-order valence-corrected chi connectivity index (χ1v) is 10.1. The average molecular weight is 393 g/mol. The number of nitrogens with one attached hydrogen (secondary N) is 2. The van der Waals surface area contributed by atoms with Crippen LogP contribution in [0, 0.1) is 13.8 Å². The van der Waals surface area contributed by atoms with Crippen molar-refractivity contribution in [2.45, 2.75) is 39.3 Å². The van der Waals surface area contributed by atoms with Crippen LogP contribution in [-0.4, -0.2) is 49.9 Å². The van der Waals surface area contributed by atoms with Gasteiger partial charge in [-0.25, -0.2) is 0 Å². The quantitative estimate of drug-likeness (QED) is 0.700. The van der Waals surface area contributed by atoms with Crippen LogP contribution < -0.4 is 5.32 Å². The molecule has 0 spiro atoms. The summed E-state index contributed by atoms with van der Waals surface area (Å²) in [5.74, 6) is -0.102. The maximum Gasteiger partial charge on any atom is 0.269 e. The minimum atomic E-state index is -0.102. The molecule has 0 bridgehead atoms. The van der Waals surface area contributed by atoms with Gasteiger partial charge in [-0.15, -0.1) is 0 Å². The van der Waals surface area contributed by atoms with E-state index in [9.17, 15) is 4.79 Å². The number of hydrogen-bond acceptors (Lipinski definition) is 4. The Morgan fingerprint density at radius 1 is 1.28 bits per heavy atom. The van der Waals surface area contributed by atoms with E-state index >= 15 is 0 Å². The van der Waals surface area contributed by atoms with Crippen LogP contribution >= 0.6 is 0 Å². The topological polar surface area (TPSA) is 78.8 Å². The summed E-state index contributed by atoms with van der Waals surface area (Å²) in [7, 11) is 1.91. The summed E-state index contributed by atoms with van der Waals surface area (Å²) in [6.45, 7) is 6.81. The second-order valence-electron chi connectivity index (χ2n) is 7.87. The van der Waals surface area contributed by atoms with E-state index in [1.165, 1.54) is 5.56 Å². The lowest BCUT2D eigenvalue weighted by Crippen LogP contribution is -2.47. The summed E-state index contributed by atoms with van der Waals surface area (Å²) < 4.78 is 1.84. The molecule has 4 rings (SSSR count). The number of hydrogen-bond donors (Lipinski definition) is 2. The number of nitrogens with zero attached hydrogens (tertiary/aromatic N) is 4. The third-order valence-electron chi connectivity index (χ3n) is 5.68. The monoisotopic (exact) mass is 392 g/mol. The first-order valence-electron chi connectivity index (χ1n) is 10.1. The highest BCUT2D eigenvalue weighted by Gasteiger charge is 2.23. The third kappa shape index (κ3) is 4.24. The van der Waals surface area contributed by atoms with E-state index in [1.54, 1.807) is 0 Å². The second-order valence-corrected chi connectivity index (χ2v) is 7.87. The largest absolute Gasteiger partial charge is 0.347 e. The second kappa shape index (κ2) is 8.21. The van der Waals surface area contributed by atoms with Gasteiger partial charge in [0.1, 0.15) is 5.69 Å². The number of amides is 1. The maximum absolute atomic E-state index is 12.8. The van der Waals surface area contributed by atoms with Crippen LogP contribution in [-0.2, 0) is 13.6 Å². The molecule has 1 unspecified atom stereocenters. The molecule has 0 saturated carbocycles. The molecule has 1 aliphatic rings. The predicted octanol–water partition coefficient (Wildman–Crippen LogP) is 2.82. The van der Waals surface area contributed by atoms with Gasteiger partial charge in [0, 0.05) is 37.4 Å². The normalized spacial score (nSPS) is 17.4. The van der Waals surface area contributed by atoms with Crippen LogP contribution in [0.3, 0.4) is 0 Å². The summed E-state index contributed by atoms with van der Waals surface area (Å²) in [6.07, 6.45) is 2.08. The van der Waals surface area contributed by atoms with Crippen LogP contribution in [0.1, 0.15) is 40.3 Å². The molecular weight excluding hydrogens is 364 g/mol. The Morgan fingerprint density at radius 3 is 2.79 bits per heavy atom. The van der Waals surface area contributed by atoms with E-state index in [0.717, 1.165) is 55.1 Å². The van der Waals surface area contributed by atoms with Crippen molar-refractivity contribution in [1.82, 2.24) is 30.2 Å². The van der Waals surface area contributed by atoms with E-state index < -0.39 is 0 Å². The van der Waals surface area contributed by atoms with Crippen molar-refractivity contribution in [1.29, 1.82) is 0 Å². The van der Waals surface area contributed by atoms with Crippen molar-refractivity contribution < 1.29 is 4.79 Å². The fourth-order valence-electron chi connectivity index (χ4n) is 4.13. The van der Waals surface area contributed by atoms with Gasteiger partial charge in [-0.3, -0.25) is 19.5 Å². The maximum atomic E-state index is 12.8. The van der Waals surface area contributed by atoms with Gasteiger partial charge in [0.05, 0.1) is 11.4 Å². The number of likely N-dealkylation sites (tertiary alicyclic amines) is 1. The predicted molar refractivity (Wildman–Crippen MR) is 112 cm³/mol. The summed E-state index contributed by atoms with van der Waals surface area (Å²) >= 11 is 0. The van der Waals surface area contributed by atoms with Crippen molar-refractivity contribution in [2.75, 3.05) is 13.1 Å². The molecule has 29 heavy (non-hydrogen) atoms. The van der Waals surface area contributed by atoms with Crippen LogP contribution in [0.5, 0.6) is 0 Å². The molecule has 152 valence electrons. The third-order valence-corrected chi connectivity index (χ3v) is 5.68. The summed E-state index contributed by atoms with van der Waals surface area (Å²) in [5.41, 5.74) is 5.47. The summed E-state index contributed by atoms with van der Waals surface area (Å²) in [4.78, 5) is 15.2. The van der Waals surface area contributed by atoms with Crippen LogP contribution in [0.2, 0.25) is 0 Å². The highest BCUT2D eigenvalue weighted by Crippen LogP contribution is 2.25. The number of rotatable bonds is 5. The molecule has 1 fully saturated rings. The van der Waals surface area contributed by atoms with Gasteiger partial charge in [-0.05, 0) is 44.9 Å². The Morgan fingerprint density at radius 2 is 2.07 bits per heavy atom. The Kier molecular flexibility index (Phi) is 5.49. The summed E-state index contributed by atoms with van der Waals surface area (Å²) in [6, 6.07) is 12.4. The molecular formula is C22H28N6O. The minimum Gasteiger partial charge on any atom is -0.347 e. The van der Waals surface area contributed by atoms with Crippen molar-refractivity contribution >= 4 is 5.91 Å². The Bertz CT molecular complexity index is 990. The fourth-order valence-corrected chi connectivity index (χ4v) is 4.13. The van der Waals surface area contributed by atoms with Gasteiger partial charge in [-0.2, -0.15) is 10.2 Å². The molecule has 1 saturated heterocycles. The van der Waals surface area contributed by atoms with E-state index in [4.69, 9.17) is 0 Å². The number of aryl methyl sites for hydroxylation is 2. The zero-order chi connectivity index (χ0) is 20.4. The average Bonchev–Trinajstić information content (AvgIpc) is 3.27. The molecule has 0 aliphatic carbocycles. The molecule has 7 heteroatoms. The summed E-state index contributed by atoms with van der Waals surface area (Å²) in [5, 5.41) is 14.9. The molecule has 1 aliphatic heterocycles. The number of H-pyrrole nitrogens is 1. The number of piperidine rings is 1. The van der Waals surface area contributed by atoms with E-state index in [2.05, 4.69) is 49.8 Å². The zero-order valence-electron chi connectivity index (χ0n) is 17.3. The van der Waals surface area contributed by atoms with Crippen molar-refractivity contribution in [2.24, 2.45) is 7.05 Å². The van der Waals surface area contributed by atoms with Crippen LogP contribution in [0.25, 0.3) is 11.3 Å². The number of aromatic amines is 1. The molecule has 7 nitrogen and oxygen atoms in total. The molecule has 1 aromatic carbocycles. The van der Waals surface area contributed by atoms with E-state index in [0.29, 0.717) is 5.69 Å². The Hall–Kier alpha value is -2.93. The number of carbonyl (C=O) groups is 1. The van der Waals surface area contributed by atoms with E-state index in [1.807, 2.05) is 37.7 Å². The molecule has 3 aromatic rings. The van der Waals surface area contributed by atoms with E-state index in [-0.39, 0.29) is 11.9 Å². The van der Waals surface area contributed by atoms with Gasteiger partial charge < -0.3 is 5.32 Å². The number of carbonyl (C=O) groups excluding carboxylic acids is 1. The van der Waals surface area contributed by atoms with Crippen molar-refractivity contribution in [3.63, 3.8) is 0 Å². The zero-order valence-corrected chi connectivity index (χ0v) is 17.3. The van der Waals surface area contributed by atoms with Gasteiger partial charge in [-0.1, -0.05) is 30.3 Å². The standard InChI is InChI=1S/C22H28N6O/c1-15-21(16(2)27(3)26-15)19-12-20(25-24-19)22(29)23-18-10-7-11-28(14-18)13-17-8-5-4-6-9-17/h4-6,8-9,12,18H,7,10-11,13-14H2,1-3H3,(H,23,29)(H,24,25). The van der Waals surface area contributed by atoms with Gasteiger partial charge in [0.15, 0.2) is 0 Å². The lowest BCUT2D eigenvalue weighted by atomic mass is 10.0. The van der Waals surface area contributed by atoms with Gasteiger partial charge in [0.2, 0.25) is 0 Å². The molecule has 1 atom stereocenters. The fraction of sp³-hybridized carbons (Fsp3) is 0.409. The van der Waals surface area contributed by atoms with Crippen LogP contribution in [0.4, 0.5) is 0 Å². The Balaban J connectivity index is 1.40. The van der Waals surface area contributed by atoms with Gasteiger partial charge in [0.25, 0.3) is 5.91 Å². The number of aromatic nitrogens is 4. The minimum absolute atomic E-state index is 0.102. The molecule has 1 amide bonds. The Labute approximate surface area is 171 Å². The lowest BCUT2D eigenvalue weighted by molar-refractivity contribution is 0.0895. The first kappa shape index (κ1) is 19.4. The van der Waals surface area contributed by atoms with Crippen LogP contribution in [0.15, 0.2) is 36.4 Å². The molecule has 0 radical (unpaired) electrons. The smallest absolute Gasteiger partial charge is 0.269 e. The first-order chi connectivity index (χ1) is 14.0. The number of benzene rings is 1. The highest BCUT2D eigenvalue weighted by molar-refractivity contribution is 5.93. The van der Waals surface area contributed by atoms with Gasteiger partial charge >= 0.3 is 0 Å². The lowest BCUT2D eigenvalue weighted by Gasteiger charge is -2.33. The van der Waals surface area contributed by atoms with Crippen molar-refractivity contribution in [3.8, 4) is 11.3 Å². The molecule has 3 heterocycles. The SMILES string of the molecule is Cc1nn(C)c(C)c1-c1cc(C(=O)NC2CCCN(Cc3ccccc3)C2)[nH]n1. The highest BCUT2D eigenvalue weighted by atomic mass is 16.2.